The second-order valence-corrected chi connectivity index (χ2v) is 5.93. The van der Waals surface area contributed by atoms with Gasteiger partial charge < -0.3 is 5.11 Å². The first-order chi connectivity index (χ1) is 8.04. The van der Waals surface area contributed by atoms with Gasteiger partial charge in [0.25, 0.3) is 0 Å². The van der Waals surface area contributed by atoms with Crippen LogP contribution in [-0.4, -0.2) is 28.5 Å². The molecule has 0 fully saturated rings. The summed E-state index contributed by atoms with van der Waals surface area (Å²) in [7, 11) is 0. The Morgan fingerprint density at radius 1 is 1.41 bits per heavy atom. The number of hydrogen-bond donors (Lipinski definition) is 1. The van der Waals surface area contributed by atoms with Gasteiger partial charge in [0.2, 0.25) is 0 Å². The molecule has 0 aromatic heterocycles. The minimum absolute atomic E-state index is 0.0263. The van der Waals surface area contributed by atoms with Gasteiger partial charge in [0.1, 0.15) is 0 Å². The second kappa shape index (κ2) is 7.27. The number of aliphatic hydroxyl groups is 1. The Morgan fingerprint density at radius 3 is 2.71 bits per heavy atom. The largest absolute Gasteiger partial charge is 0.396 e. The topological polar surface area (TPSA) is 37.3 Å². The Bertz CT molecular complexity index is 396. The number of carbonyl (C=O) groups is 1. The van der Waals surface area contributed by atoms with E-state index in [-0.39, 0.29) is 17.6 Å². The first-order valence-electron chi connectivity index (χ1n) is 5.25. The first-order valence-corrected chi connectivity index (χ1v) is 7.05. The number of aliphatic hydroxyl groups excluding tert-OH is 1. The van der Waals surface area contributed by atoms with Crippen LogP contribution in [0.2, 0.25) is 10.0 Å². The molecule has 94 valence electrons. The summed E-state index contributed by atoms with van der Waals surface area (Å²) in [5, 5.41) is 9.87. The molecule has 0 aliphatic carbocycles. The van der Waals surface area contributed by atoms with Crippen LogP contribution in [0.3, 0.4) is 0 Å². The molecule has 17 heavy (non-hydrogen) atoms. The summed E-state index contributed by atoms with van der Waals surface area (Å²) in [6.07, 6.45) is 0.694. The number of thioether (sulfide) groups is 1. The third-order valence-electron chi connectivity index (χ3n) is 2.28. The molecule has 1 unspecified atom stereocenters. The van der Waals surface area contributed by atoms with Crippen molar-refractivity contribution >= 4 is 40.7 Å². The lowest BCUT2D eigenvalue weighted by atomic mass is 10.1. The van der Waals surface area contributed by atoms with E-state index in [0.717, 1.165) is 0 Å². The van der Waals surface area contributed by atoms with Crippen molar-refractivity contribution in [3.8, 4) is 0 Å². The molecule has 0 heterocycles. The van der Waals surface area contributed by atoms with Crippen LogP contribution < -0.4 is 0 Å². The normalized spacial score (nSPS) is 12.5. The first kappa shape index (κ1) is 14.8. The summed E-state index contributed by atoms with van der Waals surface area (Å²) < 4.78 is 0. The number of Topliss-reactive ketones (excluding diaryl/α,β-unsaturated/α-hetero) is 1. The number of hydrogen-bond acceptors (Lipinski definition) is 3. The summed E-state index contributed by atoms with van der Waals surface area (Å²) in [4.78, 5) is 11.8. The number of rotatable bonds is 6. The number of halogens is 2. The highest BCUT2D eigenvalue weighted by Crippen LogP contribution is 2.24. The van der Waals surface area contributed by atoms with E-state index in [2.05, 4.69) is 0 Å². The Kier molecular flexibility index (Phi) is 6.34. The molecular formula is C12H14Cl2O2S. The average Bonchev–Trinajstić information content (AvgIpc) is 2.30. The highest BCUT2D eigenvalue weighted by atomic mass is 35.5. The van der Waals surface area contributed by atoms with Crippen LogP contribution in [0.5, 0.6) is 0 Å². The molecule has 1 aromatic carbocycles. The van der Waals surface area contributed by atoms with Crippen molar-refractivity contribution in [3.05, 3.63) is 33.8 Å². The van der Waals surface area contributed by atoms with Gasteiger partial charge in [-0.25, -0.2) is 0 Å². The lowest BCUT2D eigenvalue weighted by Gasteiger charge is -2.08. The van der Waals surface area contributed by atoms with E-state index in [1.54, 1.807) is 18.2 Å². The Hall–Kier alpha value is -0.220. The minimum Gasteiger partial charge on any atom is -0.396 e. The van der Waals surface area contributed by atoms with Crippen molar-refractivity contribution < 1.29 is 9.90 Å². The van der Waals surface area contributed by atoms with Crippen molar-refractivity contribution in [1.29, 1.82) is 0 Å². The minimum atomic E-state index is 0.0263. The van der Waals surface area contributed by atoms with E-state index < -0.39 is 0 Å². The average molecular weight is 293 g/mol. The molecule has 1 N–H and O–H groups in total. The van der Waals surface area contributed by atoms with Gasteiger partial charge in [0, 0.05) is 17.4 Å². The third-order valence-corrected chi connectivity index (χ3v) is 4.25. The van der Waals surface area contributed by atoms with Crippen molar-refractivity contribution in [2.75, 3.05) is 12.4 Å². The van der Waals surface area contributed by atoms with E-state index in [0.29, 0.717) is 27.8 Å². The number of benzene rings is 1. The molecule has 0 spiro atoms. The van der Waals surface area contributed by atoms with E-state index in [9.17, 15) is 4.79 Å². The predicted octanol–water partition coefficient (Wildman–Crippen LogP) is 3.68. The van der Waals surface area contributed by atoms with Crippen LogP contribution in [0.4, 0.5) is 0 Å². The van der Waals surface area contributed by atoms with Crippen LogP contribution >= 0.6 is 35.0 Å². The fraction of sp³-hybridized carbons (Fsp3) is 0.417. The van der Waals surface area contributed by atoms with Crippen LogP contribution in [0, 0.1) is 0 Å². The van der Waals surface area contributed by atoms with E-state index in [1.807, 2.05) is 6.92 Å². The van der Waals surface area contributed by atoms with Crippen molar-refractivity contribution in [2.24, 2.45) is 0 Å². The fourth-order valence-electron chi connectivity index (χ4n) is 1.24. The second-order valence-electron chi connectivity index (χ2n) is 3.69. The molecule has 0 bridgehead atoms. The fourth-order valence-corrected chi connectivity index (χ4v) is 2.41. The van der Waals surface area contributed by atoms with E-state index in [4.69, 9.17) is 28.3 Å². The molecule has 0 aliphatic heterocycles. The lowest BCUT2D eigenvalue weighted by molar-refractivity contribution is 0.102. The van der Waals surface area contributed by atoms with Crippen molar-refractivity contribution in [3.63, 3.8) is 0 Å². The van der Waals surface area contributed by atoms with Gasteiger partial charge in [0.15, 0.2) is 5.78 Å². The summed E-state index contributed by atoms with van der Waals surface area (Å²) in [5.41, 5.74) is 0.572. The highest BCUT2D eigenvalue weighted by Gasteiger charge is 2.10. The van der Waals surface area contributed by atoms with Gasteiger partial charge in [0.05, 0.1) is 15.8 Å². The van der Waals surface area contributed by atoms with Crippen molar-refractivity contribution in [1.82, 2.24) is 0 Å². The van der Waals surface area contributed by atoms with Gasteiger partial charge in [-0.1, -0.05) is 30.1 Å². The number of ketones is 1. The molecule has 1 atom stereocenters. The Morgan fingerprint density at radius 2 is 2.12 bits per heavy atom. The zero-order chi connectivity index (χ0) is 12.8. The molecule has 5 heteroatoms. The molecule has 0 saturated heterocycles. The maximum atomic E-state index is 11.8. The van der Waals surface area contributed by atoms with E-state index in [1.165, 1.54) is 11.8 Å². The van der Waals surface area contributed by atoms with Gasteiger partial charge in [-0.15, -0.1) is 0 Å². The summed E-state index contributed by atoms with van der Waals surface area (Å²) >= 11 is 13.2. The van der Waals surface area contributed by atoms with Crippen molar-refractivity contribution in [2.45, 2.75) is 18.6 Å². The quantitative estimate of drug-likeness (QED) is 0.813. The molecule has 1 rings (SSSR count). The van der Waals surface area contributed by atoms with Crippen LogP contribution in [0.25, 0.3) is 0 Å². The van der Waals surface area contributed by atoms with Crippen LogP contribution in [0.15, 0.2) is 18.2 Å². The zero-order valence-corrected chi connectivity index (χ0v) is 11.8. The maximum absolute atomic E-state index is 11.8. The zero-order valence-electron chi connectivity index (χ0n) is 9.45. The molecule has 0 amide bonds. The number of carbonyl (C=O) groups excluding carboxylic acids is 1. The van der Waals surface area contributed by atoms with Gasteiger partial charge in [-0.2, -0.15) is 11.8 Å². The predicted molar refractivity (Wildman–Crippen MR) is 74.4 cm³/mol. The summed E-state index contributed by atoms with van der Waals surface area (Å²) in [5.74, 6) is 0.414. The molecule has 2 nitrogen and oxygen atoms in total. The molecule has 1 aromatic rings. The Labute approximate surface area is 115 Å². The van der Waals surface area contributed by atoms with Gasteiger partial charge >= 0.3 is 0 Å². The van der Waals surface area contributed by atoms with E-state index >= 15 is 0 Å². The monoisotopic (exact) mass is 292 g/mol. The smallest absolute Gasteiger partial charge is 0.172 e. The molecule has 0 radical (unpaired) electrons. The SMILES string of the molecule is CC(CCO)SCC(=O)c1ccc(Cl)c(Cl)c1. The molecule has 0 aliphatic rings. The van der Waals surface area contributed by atoms with Crippen LogP contribution in [0.1, 0.15) is 23.7 Å². The summed E-state index contributed by atoms with van der Waals surface area (Å²) in [6.45, 7) is 2.14. The van der Waals surface area contributed by atoms with Gasteiger partial charge in [-0.3, -0.25) is 4.79 Å². The third kappa shape index (κ3) is 4.88. The molecular weight excluding hydrogens is 279 g/mol. The lowest BCUT2D eigenvalue weighted by Crippen LogP contribution is -2.07. The standard InChI is InChI=1S/C12H14Cl2O2S/c1-8(4-5-15)17-7-12(16)9-2-3-10(13)11(14)6-9/h2-3,6,8,15H,4-5,7H2,1H3. The highest BCUT2D eigenvalue weighted by molar-refractivity contribution is 8.00. The van der Waals surface area contributed by atoms with Gasteiger partial charge in [-0.05, 0) is 24.6 Å². The summed E-state index contributed by atoms with van der Waals surface area (Å²) in [6, 6.07) is 4.89. The Balaban J connectivity index is 2.55. The van der Waals surface area contributed by atoms with Crippen LogP contribution in [-0.2, 0) is 0 Å². The maximum Gasteiger partial charge on any atom is 0.172 e. The molecule has 0 saturated carbocycles.